The van der Waals surface area contributed by atoms with Gasteiger partial charge in [-0.2, -0.15) is 0 Å². The summed E-state index contributed by atoms with van der Waals surface area (Å²) in [6.07, 6.45) is 3.83. The van der Waals surface area contributed by atoms with Crippen molar-refractivity contribution in [1.82, 2.24) is 0 Å². The lowest BCUT2D eigenvalue weighted by atomic mass is 9.43. The zero-order chi connectivity index (χ0) is 19.1. The molecule has 0 spiro atoms. The number of allylic oxidation sites excluding steroid dienone is 1. The van der Waals surface area contributed by atoms with Crippen LogP contribution in [0.15, 0.2) is 11.6 Å². The van der Waals surface area contributed by atoms with Crippen LogP contribution in [0.1, 0.15) is 59.3 Å². The van der Waals surface area contributed by atoms with E-state index >= 15 is 4.39 Å². The van der Waals surface area contributed by atoms with Gasteiger partial charge in [0.15, 0.2) is 10.9 Å². The second-order valence-electron chi connectivity index (χ2n) is 9.71. The van der Waals surface area contributed by atoms with Crippen molar-refractivity contribution in [3.8, 4) is 0 Å². The first-order valence-corrected chi connectivity index (χ1v) is 10.3. The number of carbonyl (C=O) groups is 2. The van der Waals surface area contributed by atoms with Crippen LogP contribution in [0.5, 0.6) is 0 Å². The maximum atomic E-state index is 16.9. The highest BCUT2D eigenvalue weighted by molar-refractivity contribution is 7.96. The number of thiol groups is 1. The highest BCUT2D eigenvalue weighted by Gasteiger charge is 2.71. The first-order chi connectivity index (χ1) is 12.1. The molecule has 3 saturated carbocycles. The van der Waals surface area contributed by atoms with Crippen LogP contribution in [0.2, 0.25) is 0 Å². The second kappa shape index (κ2) is 5.66. The molecule has 144 valence electrons. The molecule has 26 heavy (non-hydrogen) atoms. The molecule has 0 bridgehead atoms. The minimum Gasteiger partial charge on any atom is -0.390 e. The van der Waals surface area contributed by atoms with Gasteiger partial charge in [0, 0.05) is 23.7 Å². The number of halogens is 1. The lowest BCUT2D eigenvalue weighted by Gasteiger charge is -2.64. The zero-order valence-electron chi connectivity index (χ0n) is 15.8. The number of alkyl halides is 1. The van der Waals surface area contributed by atoms with Gasteiger partial charge in [-0.15, -0.1) is 12.6 Å². The largest absolute Gasteiger partial charge is 0.390 e. The Kier molecular flexibility index (Phi) is 4.07. The average molecular weight is 381 g/mol. The molecule has 4 aliphatic rings. The summed E-state index contributed by atoms with van der Waals surface area (Å²) in [7, 11) is 0. The third-order valence-electron chi connectivity index (χ3n) is 8.66. The normalized spacial score (nSPS) is 53.4. The molecule has 0 heterocycles. The van der Waals surface area contributed by atoms with Gasteiger partial charge >= 0.3 is 0 Å². The van der Waals surface area contributed by atoms with E-state index in [1.807, 2.05) is 6.92 Å². The summed E-state index contributed by atoms with van der Waals surface area (Å²) in [6.45, 7) is 6.04. The Morgan fingerprint density at radius 3 is 2.65 bits per heavy atom. The molecule has 3 nitrogen and oxygen atoms in total. The number of rotatable bonds is 1. The lowest BCUT2D eigenvalue weighted by Crippen LogP contribution is -2.68. The topological polar surface area (TPSA) is 54.4 Å². The van der Waals surface area contributed by atoms with Gasteiger partial charge in [-0.25, -0.2) is 4.39 Å². The lowest BCUT2D eigenvalue weighted by molar-refractivity contribution is -0.213. The Morgan fingerprint density at radius 1 is 1.31 bits per heavy atom. The minimum absolute atomic E-state index is 0.0723. The van der Waals surface area contributed by atoms with Gasteiger partial charge < -0.3 is 5.11 Å². The molecule has 0 aromatic rings. The SMILES string of the molecule is C[C@H]1CC2C3CCC(C(=O)S)C3(C)CC(O)[C@]2(F)C2(C)CCC(=O)C=C12. The molecule has 4 rings (SSSR count). The van der Waals surface area contributed by atoms with E-state index in [-0.39, 0.29) is 40.0 Å². The number of hydrogen-bond donors (Lipinski definition) is 2. The molecular weight excluding hydrogens is 351 g/mol. The predicted octanol–water partition coefficient (Wildman–Crippen LogP) is 3.90. The van der Waals surface area contributed by atoms with Crippen molar-refractivity contribution in [2.24, 2.45) is 34.5 Å². The van der Waals surface area contributed by atoms with Crippen molar-refractivity contribution < 1.29 is 19.1 Å². The molecule has 3 fully saturated rings. The maximum Gasteiger partial charge on any atom is 0.189 e. The average Bonchev–Trinajstić information content (AvgIpc) is 2.89. The third kappa shape index (κ3) is 2.10. The van der Waals surface area contributed by atoms with Crippen molar-refractivity contribution in [2.45, 2.75) is 71.1 Å². The summed E-state index contributed by atoms with van der Waals surface area (Å²) in [5.74, 6) is -0.209. The van der Waals surface area contributed by atoms with E-state index in [9.17, 15) is 14.7 Å². The monoisotopic (exact) mass is 380 g/mol. The van der Waals surface area contributed by atoms with E-state index in [1.54, 1.807) is 6.08 Å². The van der Waals surface area contributed by atoms with Gasteiger partial charge in [0.1, 0.15) is 5.67 Å². The summed E-state index contributed by atoms with van der Waals surface area (Å²) in [5, 5.41) is 11.0. The fourth-order valence-electron chi connectivity index (χ4n) is 7.37. The van der Waals surface area contributed by atoms with E-state index in [4.69, 9.17) is 0 Å². The number of fused-ring (bicyclic) bond motifs is 5. The Balaban J connectivity index is 1.83. The molecule has 0 aliphatic heterocycles. The number of carbonyl (C=O) groups excluding carboxylic acids is 2. The van der Waals surface area contributed by atoms with Crippen molar-refractivity contribution in [3.63, 3.8) is 0 Å². The van der Waals surface area contributed by atoms with Gasteiger partial charge in [-0.1, -0.05) is 26.3 Å². The Morgan fingerprint density at radius 2 is 2.00 bits per heavy atom. The molecule has 8 atom stereocenters. The molecular formula is C21H29FO3S. The zero-order valence-corrected chi connectivity index (χ0v) is 16.7. The molecule has 0 saturated heterocycles. The van der Waals surface area contributed by atoms with Gasteiger partial charge in [0.25, 0.3) is 0 Å². The van der Waals surface area contributed by atoms with Crippen LogP contribution in [0.3, 0.4) is 0 Å². The predicted molar refractivity (Wildman–Crippen MR) is 100 cm³/mol. The van der Waals surface area contributed by atoms with Crippen LogP contribution in [0.4, 0.5) is 4.39 Å². The molecule has 1 N–H and O–H groups in total. The first kappa shape index (κ1) is 18.7. The molecule has 5 heteroatoms. The van der Waals surface area contributed by atoms with Crippen molar-refractivity contribution in [2.75, 3.05) is 0 Å². The van der Waals surface area contributed by atoms with Crippen molar-refractivity contribution in [1.29, 1.82) is 0 Å². The van der Waals surface area contributed by atoms with Crippen LogP contribution in [0.25, 0.3) is 0 Å². The molecule has 0 amide bonds. The Hall–Kier alpha value is -0.680. The summed E-state index contributed by atoms with van der Waals surface area (Å²) < 4.78 is 16.9. The van der Waals surface area contributed by atoms with Crippen molar-refractivity contribution >= 4 is 23.5 Å². The molecule has 4 aliphatic carbocycles. The van der Waals surface area contributed by atoms with Gasteiger partial charge in [-0.05, 0) is 55.4 Å². The summed E-state index contributed by atoms with van der Waals surface area (Å²) in [5.41, 5.74) is -2.03. The smallest absolute Gasteiger partial charge is 0.189 e. The number of aliphatic hydroxyl groups is 1. The van der Waals surface area contributed by atoms with Crippen LogP contribution < -0.4 is 0 Å². The number of aliphatic hydroxyl groups excluding tert-OH is 1. The van der Waals surface area contributed by atoms with E-state index < -0.39 is 17.2 Å². The van der Waals surface area contributed by atoms with Gasteiger partial charge in [-0.3, -0.25) is 9.59 Å². The van der Waals surface area contributed by atoms with E-state index in [1.165, 1.54) is 0 Å². The first-order valence-electron chi connectivity index (χ1n) is 9.90. The van der Waals surface area contributed by atoms with Crippen LogP contribution >= 0.6 is 12.6 Å². The Labute approximate surface area is 160 Å². The quantitative estimate of drug-likeness (QED) is 0.679. The molecule has 0 aromatic heterocycles. The van der Waals surface area contributed by atoms with Crippen molar-refractivity contribution in [3.05, 3.63) is 11.6 Å². The fraction of sp³-hybridized carbons (Fsp3) is 0.810. The Bertz CT molecular complexity index is 705. The van der Waals surface area contributed by atoms with Gasteiger partial charge in [0.05, 0.1) is 6.10 Å². The van der Waals surface area contributed by atoms with Crippen LogP contribution in [-0.4, -0.2) is 27.8 Å². The molecule has 0 aromatic carbocycles. The standard InChI is InChI=1S/C21H29FO3S/c1-11-8-16-13-4-5-14(18(25)26)19(13,2)10-17(24)21(16,22)20(3)7-6-12(23)9-15(11)20/h9,11,13-14,16-17,24H,4-8,10H2,1-3H3,(H,25,26)/t11-,13?,14?,16?,17?,19?,20?,21-/m0/s1. The van der Waals surface area contributed by atoms with Crippen LogP contribution in [-0.2, 0) is 9.59 Å². The minimum atomic E-state index is -1.73. The highest BCUT2D eigenvalue weighted by Crippen LogP contribution is 2.70. The molecule has 0 radical (unpaired) electrons. The van der Waals surface area contributed by atoms with E-state index in [2.05, 4.69) is 26.5 Å². The fourth-order valence-corrected chi connectivity index (χ4v) is 7.80. The second-order valence-corrected chi connectivity index (χ2v) is 10.2. The van der Waals surface area contributed by atoms with E-state index in [0.29, 0.717) is 25.7 Å². The van der Waals surface area contributed by atoms with Gasteiger partial charge in [0.2, 0.25) is 0 Å². The number of ketones is 1. The molecule has 6 unspecified atom stereocenters. The third-order valence-corrected chi connectivity index (χ3v) is 8.97. The maximum absolute atomic E-state index is 16.9. The van der Waals surface area contributed by atoms with E-state index in [0.717, 1.165) is 18.4 Å². The van der Waals surface area contributed by atoms with Crippen LogP contribution in [0, 0.1) is 34.5 Å². The summed E-state index contributed by atoms with van der Waals surface area (Å²) in [4.78, 5) is 24.1. The number of hydrogen-bond acceptors (Lipinski definition) is 3. The summed E-state index contributed by atoms with van der Waals surface area (Å²) in [6, 6.07) is 0. The highest BCUT2D eigenvalue weighted by atomic mass is 32.1. The summed E-state index contributed by atoms with van der Waals surface area (Å²) >= 11 is 4.09.